The van der Waals surface area contributed by atoms with Gasteiger partial charge >= 0.3 is 0 Å². The van der Waals surface area contributed by atoms with Crippen LogP contribution < -0.4 is 0 Å². The largest absolute Gasteiger partial charge is 0.328 e. The molecule has 0 bridgehead atoms. The van der Waals surface area contributed by atoms with Crippen LogP contribution in [0.15, 0.2) is 59.1 Å². The van der Waals surface area contributed by atoms with Gasteiger partial charge in [0.15, 0.2) is 0 Å². The third-order valence-corrected chi connectivity index (χ3v) is 4.43. The standard InChI is InChI=1S/C15H11ClN2O2S/c16-12-7-5-11(6-8-12)9-10-21(19,20)15-17-13-3-1-2-4-14(13)18-15/h1-10H,(H,17,18)/b10-9+. The minimum atomic E-state index is -3.61. The lowest BCUT2D eigenvalue weighted by atomic mass is 10.2. The monoisotopic (exact) mass is 318 g/mol. The van der Waals surface area contributed by atoms with Crippen LogP contribution in [-0.4, -0.2) is 18.4 Å². The number of benzene rings is 2. The van der Waals surface area contributed by atoms with Gasteiger partial charge < -0.3 is 4.98 Å². The Balaban J connectivity index is 1.94. The third kappa shape index (κ3) is 2.99. The minimum absolute atomic E-state index is 0.0612. The third-order valence-electron chi connectivity index (χ3n) is 2.95. The molecule has 6 heteroatoms. The SMILES string of the molecule is O=S(=O)(/C=C/c1ccc(Cl)cc1)c1nc2ccccc2[nH]1. The van der Waals surface area contributed by atoms with Crippen molar-refractivity contribution in [2.45, 2.75) is 5.16 Å². The average Bonchev–Trinajstić information content (AvgIpc) is 2.91. The van der Waals surface area contributed by atoms with Crippen LogP contribution >= 0.6 is 11.6 Å². The van der Waals surface area contributed by atoms with Crippen LogP contribution in [0.2, 0.25) is 5.02 Å². The molecule has 0 aliphatic carbocycles. The topological polar surface area (TPSA) is 62.8 Å². The first-order valence-electron chi connectivity index (χ1n) is 6.18. The zero-order valence-electron chi connectivity index (χ0n) is 10.8. The zero-order chi connectivity index (χ0) is 14.9. The fourth-order valence-corrected chi connectivity index (χ4v) is 2.94. The first-order valence-corrected chi connectivity index (χ1v) is 8.10. The van der Waals surface area contributed by atoms with E-state index in [0.29, 0.717) is 16.1 Å². The lowest BCUT2D eigenvalue weighted by Crippen LogP contribution is -1.98. The van der Waals surface area contributed by atoms with Crippen LogP contribution in [0.25, 0.3) is 17.1 Å². The maximum atomic E-state index is 12.2. The molecular formula is C15H11ClN2O2S. The molecule has 1 aromatic heterocycles. The molecule has 3 rings (SSSR count). The quantitative estimate of drug-likeness (QED) is 0.801. The Morgan fingerprint density at radius 3 is 2.48 bits per heavy atom. The maximum Gasteiger partial charge on any atom is 0.233 e. The van der Waals surface area contributed by atoms with Crippen LogP contribution in [0, 0.1) is 0 Å². The Bertz CT molecular complexity index is 879. The summed E-state index contributed by atoms with van der Waals surface area (Å²) >= 11 is 5.79. The molecule has 0 aliphatic heterocycles. The molecule has 21 heavy (non-hydrogen) atoms. The van der Waals surface area contributed by atoms with Crippen molar-refractivity contribution in [3.8, 4) is 0 Å². The molecule has 0 saturated heterocycles. The molecule has 1 heterocycles. The number of rotatable bonds is 3. The number of imidazole rings is 1. The number of fused-ring (bicyclic) bond motifs is 1. The highest BCUT2D eigenvalue weighted by Crippen LogP contribution is 2.17. The van der Waals surface area contributed by atoms with Crippen LogP contribution in [0.4, 0.5) is 0 Å². The van der Waals surface area contributed by atoms with Gasteiger partial charge in [-0.1, -0.05) is 35.9 Å². The van der Waals surface area contributed by atoms with E-state index in [-0.39, 0.29) is 5.16 Å². The highest BCUT2D eigenvalue weighted by Gasteiger charge is 2.15. The summed E-state index contributed by atoms with van der Waals surface area (Å²) in [5.41, 5.74) is 2.06. The highest BCUT2D eigenvalue weighted by atomic mass is 35.5. The maximum absolute atomic E-state index is 12.2. The van der Waals surface area contributed by atoms with Crippen LogP contribution in [-0.2, 0) is 9.84 Å². The highest BCUT2D eigenvalue weighted by molar-refractivity contribution is 7.94. The molecule has 0 amide bonds. The van der Waals surface area contributed by atoms with Crippen molar-refractivity contribution in [3.63, 3.8) is 0 Å². The van der Waals surface area contributed by atoms with Crippen LogP contribution in [0.3, 0.4) is 0 Å². The molecule has 2 aromatic carbocycles. The second-order valence-corrected chi connectivity index (χ2v) is 6.64. The van der Waals surface area contributed by atoms with E-state index in [9.17, 15) is 8.42 Å². The minimum Gasteiger partial charge on any atom is -0.328 e. The number of nitrogens with zero attached hydrogens (tertiary/aromatic N) is 1. The summed E-state index contributed by atoms with van der Waals surface area (Å²) in [7, 11) is -3.61. The summed E-state index contributed by atoms with van der Waals surface area (Å²) in [5, 5.41) is 1.68. The van der Waals surface area contributed by atoms with E-state index in [2.05, 4.69) is 9.97 Å². The number of aromatic nitrogens is 2. The molecule has 3 aromatic rings. The number of halogens is 1. The van der Waals surface area contributed by atoms with Gasteiger partial charge in [0.2, 0.25) is 15.0 Å². The van der Waals surface area contributed by atoms with Gasteiger partial charge in [-0.25, -0.2) is 13.4 Å². The van der Waals surface area contributed by atoms with Crippen molar-refractivity contribution in [1.29, 1.82) is 0 Å². The first kappa shape index (κ1) is 13.9. The summed E-state index contributed by atoms with van der Waals surface area (Å²) in [5.74, 6) is 0. The Morgan fingerprint density at radius 2 is 1.76 bits per heavy atom. The van der Waals surface area contributed by atoms with Gasteiger partial charge in [0.25, 0.3) is 0 Å². The van der Waals surface area contributed by atoms with Crippen molar-refractivity contribution in [1.82, 2.24) is 9.97 Å². The van der Waals surface area contributed by atoms with Gasteiger partial charge in [-0.05, 0) is 35.9 Å². The summed E-state index contributed by atoms with van der Waals surface area (Å²) in [4.78, 5) is 6.90. The number of H-pyrrole nitrogens is 1. The summed E-state index contributed by atoms with van der Waals surface area (Å²) in [6, 6.07) is 14.1. The van der Waals surface area contributed by atoms with E-state index in [0.717, 1.165) is 11.0 Å². The van der Waals surface area contributed by atoms with Gasteiger partial charge in [0.05, 0.1) is 11.0 Å². The number of hydrogen-bond acceptors (Lipinski definition) is 3. The number of hydrogen-bond donors (Lipinski definition) is 1. The molecule has 0 spiro atoms. The Hall–Kier alpha value is -2.11. The lowest BCUT2D eigenvalue weighted by molar-refractivity contribution is 0.598. The average molecular weight is 319 g/mol. The molecule has 0 atom stereocenters. The second kappa shape index (κ2) is 5.35. The molecule has 0 unspecified atom stereocenters. The van der Waals surface area contributed by atoms with Crippen LogP contribution in [0.1, 0.15) is 5.56 Å². The van der Waals surface area contributed by atoms with Gasteiger partial charge in [0.1, 0.15) is 0 Å². The van der Waals surface area contributed by atoms with Gasteiger partial charge in [0, 0.05) is 10.4 Å². The summed E-state index contributed by atoms with van der Waals surface area (Å²) < 4.78 is 24.5. The Morgan fingerprint density at radius 1 is 1.05 bits per heavy atom. The van der Waals surface area contributed by atoms with E-state index in [4.69, 9.17) is 11.6 Å². The van der Waals surface area contributed by atoms with Gasteiger partial charge in [-0.2, -0.15) is 0 Å². The smallest absolute Gasteiger partial charge is 0.233 e. The molecule has 0 aliphatic rings. The van der Waals surface area contributed by atoms with E-state index in [1.807, 2.05) is 12.1 Å². The number of aromatic amines is 1. The number of sulfone groups is 1. The fourth-order valence-electron chi connectivity index (χ4n) is 1.87. The number of para-hydroxylation sites is 2. The normalized spacial score (nSPS) is 12.2. The van der Waals surface area contributed by atoms with E-state index < -0.39 is 9.84 Å². The Kier molecular flexibility index (Phi) is 3.53. The molecule has 106 valence electrons. The van der Waals surface area contributed by atoms with Crippen molar-refractivity contribution in [2.75, 3.05) is 0 Å². The van der Waals surface area contributed by atoms with Crippen molar-refractivity contribution in [2.24, 2.45) is 0 Å². The summed E-state index contributed by atoms with van der Waals surface area (Å²) in [6.07, 6.45) is 1.51. The molecular weight excluding hydrogens is 308 g/mol. The predicted octanol–water partition coefficient (Wildman–Crippen LogP) is 3.66. The first-order chi connectivity index (χ1) is 10.0. The van der Waals surface area contributed by atoms with Crippen LogP contribution in [0.5, 0.6) is 0 Å². The molecule has 0 fully saturated rings. The van der Waals surface area contributed by atoms with Gasteiger partial charge in [-0.15, -0.1) is 0 Å². The van der Waals surface area contributed by atoms with Crippen molar-refractivity contribution in [3.05, 3.63) is 64.5 Å². The number of nitrogens with one attached hydrogen (secondary N) is 1. The molecule has 0 radical (unpaired) electrons. The Labute approximate surface area is 127 Å². The molecule has 0 saturated carbocycles. The summed E-state index contributed by atoms with van der Waals surface area (Å²) in [6.45, 7) is 0. The second-order valence-electron chi connectivity index (χ2n) is 4.46. The predicted molar refractivity (Wildman–Crippen MR) is 83.8 cm³/mol. The van der Waals surface area contributed by atoms with Gasteiger partial charge in [-0.3, -0.25) is 0 Å². The van der Waals surface area contributed by atoms with E-state index in [1.165, 1.54) is 6.08 Å². The zero-order valence-corrected chi connectivity index (χ0v) is 12.4. The van der Waals surface area contributed by atoms with E-state index in [1.54, 1.807) is 36.4 Å². The molecule has 4 nitrogen and oxygen atoms in total. The van der Waals surface area contributed by atoms with E-state index >= 15 is 0 Å². The van der Waals surface area contributed by atoms with Crippen molar-refractivity contribution >= 4 is 38.5 Å². The lowest BCUT2D eigenvalue weighted by Gasteiger charge is -1.95. The fraction of sp³-hybridized carbons (Fsp3) is 0. The van der Waals surface area contributed by atoms with Crippen molar-refractivity contribution < 1.29 is 8.42 Å². The molecule has 1 N–H and O–H groups in total.